The average Bonchev–Trinajstić information content (AvgIpc) is 2.62. The van der Waals surface area contributed by atoms with Gasteiger partial charge in [-0.15, -0.1) is 0 Å². The molecule has 0 radical (unpaired) electrons. The van der Waals surface area contributed by atoms with Crippen LogP contribution in [0.25, 0.3) is 0 Å². The number of aliphatic hydroxyl groups is 1. The van der Waals surface area contributed by atoms with Crippen LogP contribution in [-0.2, 0) is 13.1 Å². The Morgan fingerprint density at radius 1 is 1.16 bits per heavy atom. The summed E-state index contributed by atoms with van der Waals surface area (Å²) in [6.45, 7) is 7.34. The molecule has 1 unspecified atom stereocenters. The summed E-state index contributed by atoms with van der Waals surface area (Å²) in [5.74, 6) is 0.839. The van der Waals surface area contributed by atoms with Crippen LogP contribution in [0.4, 0.5) is 4.79 Å². The normalized spacial score (nSPS) is 22.8. The van der Waals surface area contributed by atoms with E-state index in [1.165, 1.54) is 24.0 Å². The van der Waals surface area contributed by atoms with Gasteiger partial charge in [0.2, 0.25) is 0 Å². The van der Waals surface area contributed by atoms with E-state index in [2.05, 4.69) is 35.3 Å². The molecular formula is C20H31N3O2. The van der Waals surface area contributed by atoms with E-state index >= 15 is 0 Å². The number of β-amino-alcohol motifs (C(OH)–C–C–N with tert-alkyl or cyclic N) is 1. The minimum Gasteiger partial charge on any atom is -0.391 e. The van der Waals surface area contributed by atoms with Crippen molar-refractivity contribution in [2.24, 2.45) is 5.92 Å². The van der Waals surface area contributed by atoms with Gasteiger partial charge in [0.15, 0.2) is 0 Å². The van der Waals surface area contributed by atoms with Crippen LogP contribution in [0.15, 0.2) is 24.3 Å². The molecule has 0 bridgehead atoms. The van der Waals surface area contributed by atoms with Crippen LogP contribution >= 0.6 is 0 Å². The molecular weight excluding hydrogens is 314 g/mol. The largest absolute Gasteiger partial charge is 0.391 e. The highest BCUT2D eigenvalue weighted by Crippen LogP contribution is 2.20. The van der Waals surface area contributed by atoms with Crippen LogP contribution in [0.2, 0.25) is 0 Å². The summed E-state index contributed by atoms with van der Waals surface area (Å²) in [4.78, 5) is 16.6. The van der Waals surface area contributed by atoms with Crippen LogP contribution in [0.3, 0.4) is 0 Å². The smallest absolute Gasteiger partial charge is 0.317 e. The van der Waals surface area contributed by atoms with Gasteiger partial charge < -0.3 is 15.3 Å². The predicted molar refractivity (Wildman–Crippen MR) is 99.2 cm³/mol. The van der Waals surface area contributed by atoms with Gasteiger partial charge in [-0.3, -0.25) is 4.90 Å². The lowest BCUT2D eigenvalue weighted by molar-refractivity contribution is 0.0841. The SMILES string of the molecule is CC1CCN(Cc2ccccc2CNC(=O)N2CCCC(O)C2)CC1. The summed E-state index contributed by atoms with van der Waals surface area (Å²) in [5, 5.41) is 12.8. The molecule has 3 rings (SSSR count). The summed E-state index contributed by atoms with van der Waals surface area (Å²) in [7, 11) is 0. The molecule has 1 aromatic carbocycles. The Morgan fingerprint density at radius 2 is 1.88 bits per heavy atom. The average molecular weight is 345 g/mol. The van der Waals surface area contributed by atoms with Crippen molar-refractivity contribution in [2.75, 3.05) is 26.2 Å². The topological polar surface area (TPSA) is 55.8 Å². The molecule has 2 fully saturated rings. The quantitative estimate of drug-likeness (QED) is 0.882. The van der Waals surface area contributed by atoms with E-state index in [0.29, 0.717) is 13.1 Å². The molecule has 2 amide bonds. The second-order valence-corrected chi connectivity index (χ2v) is 7.63. The predicted octanol–water partition coefficient (Wildman–Crippen LogP) is 2.58. The molecule has 25 heavy (non-hydrogen) atoms. The fraction of sp³-hybridized carbons (Fsp3) is 0.650. The van der Waals surface area contributed by atoms with Crippen LogP contribution < -0.4 is 5.32 Å². The van der Waals surface area contributed by atoms with Gasteiger partial charge in [-0.2, -0.15) is 0 Å². The van der Waals surface area contributed by atoms with Crippen LogP contribution in [0, 0.1) is 5.92 Å². The van der Waals surface area contributed by atoms with Crippen molar-refractivity contribution in [2.45, 2.75) is 51.8 Å². The zero-order valence-corrected chi connectivity index (χ0v) is 15.3. The third-order valence-corrected chi connectivity index (χ3v) is 5.50. The van der Waals surface area contributed by atoms with E-state index < -0.39 is 0 Å². The van der Waals surface area contributed by atoms with Gasteiger partial charge in [0.1, 0.15) is 0 Å². The number of likely N-dealkylation sites (tertiary alicyclic amines) is 2. The van der Waals surface area contributed by atoms with E-state index in [-0.39, 0.29) is 12.1 Å². The summed E-state index contributed by atoms with van der Waals surface area (Å²) >= 11 is 0. The summed E-state index contributed by atoms with van der Waals surface area (Å²) < 4.78 is 0. The van der Waals surface area contributed by atoms with Gasteiger partial charge in [-0.05, 0) is 55.8 Å². The van der Waals surface area contributed by atoms with Gasteiger partial charge >= 0.3 is 6.03 Å². The van der Waals surface area contributed by atoms with Gasteiger partial charge in [-0.1, -0.05) is 31.2 Å². The van der Waals surface area contributed by atoms with E-state index in [9.17, 15) is 9.90 Å². The molecule has 5 nitrogen and oxygen atoms in total. The number of aliphatic hydroxyl groups excluding tert-OH is 1. The molecule has 2 saturated heterocycles. The number of urea groups is 1. The lowest BCUT2D eigenvalue weighted by atomic mass is 9.98. The molecule has 2 aliphatic heterocycles. The maximum Gasteiger partial charge on any atom is 0.317 e. The number of hydrogen-bond acceptors (Lipinski definition) is 3. The number of carbonyl (C=O) groups is 1. The van der Waals surface area contributed by atoms with Crippen molar-refractivity contribution in [3.05, 3.63) is 35.4 Å². The van der Waals surface area contributed by atoms with Gasteiger partial charge in [0.05, 0.1) is 6.10 Å². The van der Waals surface area contributed by atoms with Crippen molar-refractivity contribution in [1.29, 1.82) is 0 Å². The van der Waals surface area contributed by atoms with E-state index in [1.54, 1.807) is 4.90 Å². The highest BCUT2D eigenvalue weighted by Gasteiger charge is 2.22. The molecule has 0 aliphatic carbocycles. The fourth-order valence-electron chi connectivity index (χ4n) is 3.77. The first-order chi connectivity index (χ1) is 12.1. The number of nitrogens with one attached hydrogen (secondary N) is 1. The second kappa shape index (κ2) is 8.68. The van der Waals surface area contributed by atoms with E-state index in [1.807, 2.05) is 6.07 Å². The van der Waals surface area contributed by atoms with Crippen molar-refractivity contribution in [3.8, 4) is 0 Å². The Balaban J connectivity index is 1.54. The van der Waals surface area contributed by atoms with Crippen molar-refractivity contribution in [3.63, 3.8) is 0 Å². The number of rotatable bonds is 4. The molecule has 0 saturated carbocycles. The number of carbonyl (C=O) groups excluding carboxylic acids is 1. The van der Waals surface area contributed by atoms with Gasteiger partial charge in [0.25, 0.3) is 0 Å². The minimum absolute atomic E-state index is 0.0691. The first-order valence-electron chi connectivity index (χ1n) is 9.62. The second-order valence-electron chi connectivity index (χ2n) is 7.63. The first kappa shape index (κ1) is 18.2. The molecule has 5 heteroatoms. The molecule has 138 valence electrons. The van der Waals surface area contributed by atoms with Gasteiger partial charge in [0, 0.05) is 26.2 Å². The zero-order chi connectivity index (χ0) is 17.6. The number of piperidine rings is 2. The summed E-state index contributed by atoms with van der Waals surface area (Å²) in [6, 6.07) is 8.32. The fourth-order valence-corrected chi connectivity index (χ4v) is 3.77. The third-order valence-electron chi connectivity index (χ3n) is 5.50. The maximum atomic E-state index is 12.3. The van der Waals surface area contributed by atoms with Gasteiger partial charge in [-0.25, -0.2) is 4.79 Å². The number of benzene rings is 1. The highest BCUT2D eigenvalue weighted by atomic mass is 16.3. The van der Waals surface area contributed by atoms with Crippen LogP contribution in [0.5, 0.6) is 0 Å². The van der Waals surface area contributed by atoms with Crippen molar-refractivity contribution < 1.29 is 9.90 Å². The van der Waals surface area contributed by atoms with Crippen LogP contribution in [-0.4, -0.2) is 53.2 Å². The molecule has 0 spiro atoms. The van der Waals surface area contributed by atoms with Crippen LogP contribution in [0.1, 0.15) is 43.7 Å². The highest BCUT2D eigenvalue weighted by molar-refractivity contribution is 5.74. The standard InChI is InChI=1S/C20H31N3O2/c1-16-8-11-22(12-9-16)14-18-6-3-2-5-17(18)13-21-20(25)23-10-4-7-19(24)15-23/h2-3,5-6,16,19,24H,4,7-15H2,1H3,(H,21,25). The van der Waals surface area contributed by atoms with Crippen molar-refractivity contribution >= 4 is 6.03 Å². The molecule has 1 atom stereocenters. The lowest BCUT2D eigenvalue weighted by Gasteiger charge is -2.31. The monoisotopic (exact) mass is 345 g/mol. The Morgan fingerprint density at radius 3 is 2.60 bits per heavy atom. The number of hydrogen-bond donors (Lipinski definition) is 2. The number of nitrogens with zero attached hydrogens (tertiary/aromatic N) is 2. The molecule has 1 aromatic rings. The molecule has 2 aliphatic rings. The molecule has 0 aromatic heterocycles. The van der Waals surface area contributed by atoms with E-state index in [4.69, 9.17) is 0 Å². The van der Waals surface area contributed by atoms with E-state index in [0.717, 1.165) is 44.9 Å². The third kappa shape index (κ3) is 5.19. The lowest BCUT2D eigenvalue weighted by Crippen LogP contribution is -2.46. The summed E-state index contributed by atoms with van der Waals surface area (Å²) in [5.41, 5.74) is 2.49. The molecule has 2 N–H and O–H groups in total. The van der Waals surface area contributed by atoms with Crippen molar-refractivity contribution in [1.82, 2.24) is 15.1 Å². The Bertz CT molecular complexity index is 570. The number of amides is 2. The summed E-state index contributed by atoms with van der Waals surface area (Å²) in [6.07, 6.45) is 3.83. The molecule has 2 heterocycles. The Kier molecular flexibility index (Phi) is 6.32. The Labute approximate surface area is 151 Å². The minimum atomic E-state index is -0.381. The Hall–Kier alpha value is -1.59. The first-order valence-corrected chi connectivity index (χ1v) is 9.62. The zero-order valence-electron chi connectivity index (χ0n) is 15.3. The maximum absolute atomic E-state index is 12.3.